The molecule has 0 saturated carbocycles. The monoisotopic (exact) mass is 474 g/mol. The molecule has 7 nitrogen and oxygen atoms in total. The lowest BCUT2D eigenvalue weighted by Crippen LogP contribution is -2.36. The van der Waals surface area contributed by atoms with E-state index in [-0.39, 0.29) is 11.9 Å². The van der Waals surface area contributed by atoms with Crippen LogP contribution in [0.3, 0.4) is 0 Å². The van der Waals surface area contributed by atoms with Crippen molar-refractivity contribution in [1.82, 2.24) is 14.8 Å². The first kappa shape index (κ1) is 22.7. The van der Waals surface area contributed by atoms with E-state index in [1.165, 1.54) is 19.2 Å². The number of morpholine rings is 1. The summed E-state index contributed by atoms with van der Waals surface area (Å²) in [4.78, 5) is 6.79. The highest BCUT2D eigenvalue weighted by molar-refractivity contribution is 5.66. The Kier molecular flexibility index (Phi) is 5.95. The molecule has 2 aliphatic rings. The summed E-state index contributed by atoms with van der Waals surface area (Å²) in [5.41, 5.74) is 3.04. The predicted octanol–water partition coefficient (Wildman–Crippen LogP) is 4.26. The molecular weight excluding hydrogens is 449 g/mol. The van der Waals surface area contributed by atoms with Gasteiger partial charge in [0, 0.05) is 42.9 Å². The summed E-state index contributed by atoms with van der Waals surface area (Å²) in [7, 11) is 1.23. The zero-order valence-electron chi connectivity index (χ0n) is 18.9. The number of methoxy groups -OCH3 is 1. The van der Waals surface area contributed by atoms with Gasteiger partial charge in [-0.2, -0.15) is 18.3 Å². The first-order valence-corrected chi connectivity index (χ1v) is 11.1. The molecule has 5 rings (SSSR count). The Hall–Kier alpha value is -3.11. The molecule has 0 spiro atoms. The van der Waals surface area contributed by atoms with Crippen molar-refractivity contribution in [2.45, 2.75) is 32.2 Å². The number of fused-ring (bicyclic) bond motifs is 1. The second kappa shape index (κ2) is 8.92. The highest BCUT2D eigenvalue weighted by Gasteiger charge is 2.35. The lowest BCUT2D eigenvalue weighted by atomic mass is 10.0. The molecule has 0 N–H and O–H groups in total. The molecule has 0 amide bonds. The maximum atomic E-state index is 13.4. The molecule has 1 saturated heterocycles. The van der Waals surface area contributed by atoms with E-state index in [1.54, 1.807) is 10.9 Å². The first-order valence-electron chi connectivity index (χ1n) is 11.1. The maximum absolute atomic E-state index is 13.4. The van der Waals surface area contributed by atoms with Gasteiger partial charge in [-0.25, -0.2) is 9.67 Å². The molecule has 0 aliphatic carbocycles. The van der Waals surface area contributed by atoms with Crippen LogP contribution in [0.4, 0.5) is 19.0 Å². The van der Waals surface area contributed by atoms with E-state index in [0.717, 1.165) is 41.8 Å². The van der Waals surface area contributed by atoms with Crippen molar-refractivity contribution in [2.24, 2.45) is 0 Å². The molecule has 0 radical (unpaired) electrons. The van der Waals surface area contributed by atoms with Crippen molar-refractivity contribution in [3.8, 4) is 22.7 Å². The normalized spacial score (nSPS) is 18.6. The molecule has 180 valence electrons. The molecule has 1 unspecified atom stereocenters. The first-order chi connectivity index (χ1) is 16.3. The lowest BCUT2D eigenvalue weighted by molar-refractivity contribution is -0.138. The van der Waals surface area contributed by atoms with Gasteiger partial charge >= 0.3 is 6.18 Å². The average Bonchev–Trinajstić information content (AvgIpc) is 3.22. The predicted molar refractivity (Wildman–Crippen MR) is 119 cm³/mol. The number of nitrogens with zero attached hydrogens (tertiary/aromatic N) is 4. The van der Waals surface area contributed by atoms with E-state index < -0.39 is 11.7 Å². The summed E-state index contributed by atoms with van der Waals surface area (Å²) < 4.78 is 58.1. The minimum Gasteiger partial charge on any atom is -0.496 e. The Morgan fingerprint density at radius 2 is 1.91 bits per heavy atom. The van der Waals surface area contributed by atoms with E-state index in [4.69, 9.17) is 19.3 Å². The van der Waals surface area contributed by atoms with Gasteiger partial charge in [0.1, 0.15) is 17.3 Å². The van der Waals surface area contributed by atoms with Gasteiger partial charge in [0.2, 0.25) is 0 Å². The second-order valence-corrected chi connectivity index (χ2v) is 8.40. The van der Waals surface area contributed by atoms with Crippen molar-refractivity contribution in [2.75, 3.05) is 38.3 Å². The fraction of sp³-hybridized carbons (Fsp3) is 0.417. The van der Waals surface area contributed by atoms with Crippen molar-refractivity contribution in [1.29, 1.82) is 0 Å². The Balaban J connectivity index is 1.55. The highest BCUT2D eigenvalue weighted by atomic mass is 19.4. The van der Waals surface area contributed by atoms with Crippen molar-refractivity contribution in [3.05, 3.63) is 53.3 Å². The molecule has 1 aromatic carbocycles. The SMILES string of the molecule is COc1cc(-n2nc(-c3ccc(N4CCOCC4)nc3)c3c2CC(C)OC3)ccc1C(F)(F)F. The van der Waals surface area contributed by atoms with Crippen LogP contribution in [0.15, 0.2) is 36.5 Å². The molecule has 2 aliphatic heterocycles. The summed E-state index contributed by atoms with van der Waals surface area (Å²) in [6.45, 7) is 5.26. The third-order valence-corrected chi connectivity index (χ3v) is 6.17. The van der Waals surface area contributed by atoms with Gasteiger partial charge in [0.05, 0.1) is 50.0 Å². The van der Waals surface area contributed by atoms with Crippen LogP contribution in [-0.4, -0.2) is 54.3 Å². The molecule has 1 atom stereocenters. The van der Waals surface area contributed by atoms with Gasteiger partial charge in [-0.05, 0) is 31.2 Å². The van der Waals surface area contributed by atoms with E-state index >= 15 is 0 Å². The smallest absolute Gasteiger partial charge is 0.419 e. The Morgan fingerprint density at radius 1 is 1.12 bits per heavy atom. The van der Waals surface area contributed by atoms with Crippen LogP contribution >= 0.6 is 0 Å². The maximum Gasteiger partial charge on any atom is 0.419 e. The third-order valence-electron chi connectivity index (χ3n) is 6.17. The van der Waals surface area contributed by atoms with Crippen molar-refractivity contribution < 1.29 is 27.4 Å². The van der Waals surface area contributed by atoms with E-state index in [2.05, 4.69) is 9.88 Å². The number of alkyl halides is 3. The largest absolute Gasteiger partial charge is 0.496 e. The van der Waals surface area contributed by atoms with Gasteiger partial charge in [0.25, 0.3) is 0 Å². The number of hydrogen-bond acceptors (Lipinski definition) is 6. The Labute approximate surface area is 195 Å². The Morgan fingerprint density at radius 3 is 2.59 bits per heavy atom. The molecular formula is C24H25F3N4O3. The summed E-state index contributed by atoms with van der Waals surface area (Å²) in [5.74, 6) is 0.630. The van der Waals surface area contributed by atoms with E-state index in [1.807, 2.05) is 19.1 Å². The number of rotatable bonds is 4. The van der Waals surface area contributed by atoms with Gasteiger partial charge in [-0.15, -0.1) is 0 Å². The average molecular weight is 474 g/mol. The number of anilines is 1. The van der Waals surface area contributed by atoms with Crippen molar-refractivity contribution >= 4 is 5.82 Å². The topological polar surface area (TPSA) is 61.6 Å². The molecule has 2 aromatic heterocycles. The van der Waals surface area contributed by atoms with Gasteiger partial charge < -0.3 is 19.1 Å². The van der Waals surface area contributed by atoms with Crippen LogP contribution in [0.25, 0.3) is 16.9 Å². The van der Waals surface area contributed by atoms with E-state index in [0.29, 0.717) is 37.6 Å². The summed E-state index contributed by atoms with van der Waals surface area (Å²) in [6.07, 6.45) is -2.17. The van der Waals surface area contributed by atoms with Crippen LogP contribution in [0.1, 0.15) is 23.7 Å². The third kappa shape index (κ3) is 4.23. The molecule has 0 bridgehead atoms. The number of ether oxygens (including phenoxy) is 3. The molecule has 34 heavy (non-hydrogen) atoms. The summed E-state index contributed by atoms with van der Waals surface area (Å²) >= 11 is 0. The fourth-order valence-electron chi connectivity index (χ4n) is 4.40. The standard InChI is InChI=1S/C24H25F3N4O3/c1-15-11-20-18(14-34-15)23(16-3-6-22(28-13-16)30-7-9-33-10-8-30)29-31(20)17-4-5-19(24(25,26)27)21(12-17)32-2/h3-6,12-13,15H,7-11,14H2,1-2H3. The minimum atomic E-state index is -4.51. The van der Waals surface area contributed by atoms with Crippen LogP contribution in [0, 0.1) is 0 Å². The molecule has 3 aromatic rings. The number of aromatic nitrogens is 3. The quantitative estimate of drug-likeness (QED) is 0.563. The van der Waals surface area contributed by atoms with Crippen molar-refractivity contribution in [3.63, 3.8) is 0 Å². The summed E-state index contributed by atoms with van der Waals surface area (Å²) in [6, 6.07) is 7.75. The number of halogens is 3. The Bertz CT molecular complexity index is 1170. The van der Waals surface area contributed by atoms with Crippen LogP contribution < -0.4 is 9.64 Å². The zero-order valence-corrected chi connectivity index (χ0v) is 18.9. The second-order valence-electron chi connectivity index (χ2n) is 8.40. The van der Waals surface area contributed by atoms with Crippen LogP contribution in [0.2, 0.25) is 0 Å². The van der Waals surface area contributed by atoms with Crippen LogP contribution in [0.5, 0.6) is 5.75 Å². The molecule has 1 fully saturated rings. The van der Waals surface area contributed by atoms with E-state index in [9.17, 15) is 13.2 Å². The molecule has 4 heterocycles. The zero-order chi connectivity index (χ0) is 23.9. The lowest BCUT2D eigenvalue weighted by Gasteiger charge is -2.27. The molecule has 10 heteroatoms. The minimum absolute atomic E-state index is 0.0334. The summed E-state index contributed by atoms with van der Waals surface area (Å²) in [5, 5.41) is 4.80. The highest BCUT2D eigenvalue weighted by Crippen LogP contribution is 2.38. The van der Waals surface area contributed by atoms with Gasteiger partial charge in [-0.3, -0.25) is 0 Å². The van der Waals surface area contributed by atoms with Gasteiger partial charge in [0.15, 0.2) is 0 Å². The number of benzene rings is 1. The fourth-order valence-corrected chi connectivity index (χ4v) is 4.40. The number of hydrogen-bond donors (Lipinski definition) is 0. The van der Waals surface area contributed by atoms with Crippen LogP contribution in [-0.2, 0) is 28.7 Å². The van der Waals surface area contributed by atoms with Gasteiger partial charge in [-0.1, -0.05) is 0 Å². The number of pyridine rings is 1.